The molecular weight excluding hydrogens is 416 g/mol. The lowest BCUT2D eigenvalue weighted by Gasteiger charge is -2.42. The Bertz CT molecular complexity index is 744. The fourth-order valence-electron chi connectivity index (χ4n) is 2.99. The number of benzene rings is 1. The lowest BCUT2D eigenvalue weighted by Crippen LogP contribution is -2.66. The lowest BCUT2D eigenvalue weighted by atomic mass is 9.96. The Morgan fingerprint density at radius 1 is 1.16 bits per heavy atom. The maximum absolute atomic E-state index is 12.6. The molecule has 2 amide bonds. The first-order valence-electron chi connectivity index (χ1n) is 9.41. The van der Waals surface area contributed by atoms with Gasteiger partial charge < -0.3 is 45.3 Å². The van der Waals surface area contributed by atoms with E-state index in [1.807, 2.05) is 0 Å². The Hall–Kier alpha value is -2.77. The molecule has 1 aliphatic heterocycles. The van der Waals surface area contributed by atoms with E-state index in [1.54, 1.807) is 30.3 Å². The summed E-state index contributed by atoms with van der Waals surface area (Å²) in [6.45, 7) is -0.695. The molecule has 1 fully saturated rings. The third-order valence-corrected chi connectivity index (χ3v) is 4.62. The van der Waals surface area contributed by atoms with Gasteiger partial charge in [-0.1, -0.05) is 30.3 Å². The van der Waals surface area contributed by atoms with Gasteiger partial charge in [0.05, 0.1) is 13.0 Å². The van der Waals surface area contributed by atoms with E-state index in [-0.39, 0.29) is 6.61 Å². The van der Waals surface area contributed by atoms with Crippen LogP contribution in [0, 0.1) is 0 Å². The first kappa shape index (κ1) is 24.5. The van der Waals surface area contributed by atoms with E-state index in [0.29, 0.717) is 5.56 Å². The van der Waals surface area contributed by atoms with Gasteiger partial charge in [-0.2, -0.15) is 0 Å². The molecule has 1 heterocycles. The van der Waals surface area contributed by atoms with Gasteiger partial charge in [-0.25, -0.2) is 4.79 Å². The molecule has 1 saturated heterocycles. The number of amides is 2. The summed E-state index contributed by atoms with van der Waals surface area (Å²) < 4.78 is 15.3. The molecule has 31 heavy (non-hydrogen) atoms. The minimum atomic E-state index is -1.59. The number of ether oxygens (including phenoxy) is 3. The number of aliphatic hydroxyl groups is 3. The molecule has 0 saturated carbocycles. The number of alkyl carbamates (subject to hydrolysis) is 1. The molecule has 0 aromatic heterocycles. The zero-order valence-corrected chi connectivity index (χ0v) is 16.7. The summed E-state index contributed by atoms with van der Waals surface area (Å²) in [7, 11) is 1.22. The highest BCUT2D eigenvalue weighted by atomic mass is 16.7. The van der Waals surface area contributed by atoms with Gasteiger partial charge in [-0.05, 0) is 5.56 Å². The summed E-state index contributed by atoms with van der Waals surface area (Å²) >= 11 is 0. The third-order valence-electron chi connectivity index (χ3n) is 4.62. The maximum Gasteiger partial charge on any atom is 0.408 e. The van der Waals surface area contributed by atoms with Crippen molar-refractivity contribution in [2.24, 2.45) is 0 Å². The summed E-state index contributed by atoms with van der Waals surface area (Å²) in [6, 6.07) is 5.87. The van der Waals surface area contributed by atoms with Crippen molar-refractivity contribution < 1.29 is 49.0 Å². The summed E-state index contributed by atoms with van der Waals surface area (Å²) in [6.07, 6.45) is -7.30. The van der Waals surface area contributed by atoms with Crippen molar-refractivity contribution in [1.29, 1.82) is 0 Å². The molecule has 12 nitrogen and oxygen atoms in total. The van der Waals surface area contributed by atoms with Gasteiger partial charge in [-0.3, -0.25) is 9.59 Å². The molecule has 0 radical (unpaired) electrons. The lowest BCUT2D eigenvalue weighted by molar-refractivity contribution is -0.262. The largest absolute Gasteiger partial charge is 0.481 e. The number of rotatable bonds is 9. The molecule has 0 aliphatic carbocycles. The number of nitrogens with one attached hydrogen (secondary N) is 2. The summed E-state index contributed by atoms with van der Waals surface area (Å²) in [4.78, 5) is 35.8. The fourth-order valence-corrected chi connectivity index (χ4v) is 2.99. The number of hydrogen-bond acceptors (Lipinski definition) is 9. The van der Waals surface area contributed by atoms with E-state index in [4.69, 9.17) is 19.3 Å². The second kappa shape index (κ2) is 11.6. The van der Waals surface area contributed by atoms with E-state index >= 15 is 0 Å². The molecular formula is C19H26N2O10. The van der Waals surface area contributed by atoms with Crippen molar-refractivity contribution in [3.63, 3.8) is 0 Å². The van der Waals surface area contributed by atoms with Crippen molar-refractivity contribution in [3.8, 4) is 0 Å². The zero-order valence-electron chi connectivity index (χ0n) is 16.7. The molecule has 0 bridgehead atoms. The summed E-state index contributed by atoms with van der Waals surface area (Å²) in [5.74, 6) is -2.34. The number of carboxylic acids is 1. The smallest absolute Gasteiger partial charge is 0.408 e. The Labute approximate surface area is 177 Å². The van der Waals surface area contributed by atoms with Crippen molar-refractivity contribution in [1.82, 2.24) is 10.6 Å². The molecule has 172 valence electrons. The Morgan fingerprint density at radius 3 is 2.42 bits per heavy atom. The standard InChI is InChI=1S/C19H26N2O10/c1-29-18-14(16(26)15(25)12(8-22)31-18)21-17(27)11(7-13(23)24)20-19(28)30-9-10-5-3-2-4-6-10/h2-6,11-12,14-16,18,22,25-26H,7-9H2,1H3,(H,20,28)(H,21,27)(H,23,24)/t11-,12+,14+,15+,16+,18+/m0/s1. The molecule has 1 aromatic rings. The van der Waals surface area contributed by atoms with Crippen LogP contribution in [-0.2, 0) is 30.4 Å². The van der Waals surface area contributed by atoms with Gasteiger partial charge in [0.25, 0.3) is 0 Å². The van der Waals surface area contributed by atoms with Crippen LogP contribution in [0.5, 0.6) is 0 Å². The normalized spacial score (nSPS) is 26.5. The highest BCUT2D eigenvalue weighted by Gasteiger charge is 2.45. The average Bonchev–Trinajstić information content (AvgIpc) is 2.75. The van der Waals surface area contributed by atoms with Crippen LogP contribution in [-0.4, -0.2) is 88.8 Å². The summed E-state index contributed by atoms with van der Waals surface area (Å²) in [5, 5.41) is 43.1. The van der Waals surface area contributed by atoms with E-state index in [2.05, 4.69) is 10.6 Å². The highest BCUT2D eigenvalue weighted by Crippen LogP contribution is 2.22. The number of carboxylic acid groups (broad SMARTS) is 1. The molecule has 1 aliphatic rings. The van der Waals surface area contributed by atoms with Crippen LogP contribution >= 0.6 is 0 Å². The van der Waals surface area contributed by atoms with E-state index < -0.39 is 67.7 Å². The highest BCUT2D eigenvalue weighted by molar-refractivity contribution is 5.89. The van der Waals surface area contributed by atoms with Crippen molar-refractivity contribution >= 4 is 18.0 Å². The van der Waals surface area contributed by atoms with E-state index in [1.165, 1.54) is 7.11 Å². The number of carbonyl (C=O) groups is 3. The minimum absolute atomic E-state index is 0.0935. The van der Waals surface area contributed by atoms with Crippen LogP contribution in [0.15, 0.2) is 30.3 Å². The van der Waals surface area contributed by atoms with Crippen LogP contribution in [0.4, 0.5) is 4.79 Å². The Balaban J connectivity index is 2.02. The van der Waals surface area contributed by atoms with Gasteiger partial charge >= 0.3 is 12.1 Å². The van der Waals surface area contributed by atoms with E-state index in [9.17, 15) is 29.7 Å². The molecule has 0 unspecified atom stereocenters. The first-order valence-corrected chi connectivity index (χ1v) is 9.41. The number of aliphatic carboxylic acids is 1. The van der Waals surface area contributed by atoms with Crippen LogP contribution < -0.4 is 10.6 Å². The van der Waals surface area contributed by atoms with Crippen molar-refractivity contribution in [2.45, 2.75) is 49.7 Å². The second-order valence-electron chi connectivity index (χ2n) is 6.83. The molecule has 6 N–H and O–H groups in total. The van der Waals surface area contributed by atoms with Crippen LogP contribution in [0.25, 0.3) is 0 Å². The topological polar surface area (TPSA) is 184 Å². The van der Waals surface area contributed by atoms with Gasteiger partial charge in [0.1, 0.15) is 37.0 Å². The van der Waals surface area contributed by atoms with Gasteiger partial charge in [0.2, 0.25) is 5.91 Å². The predicted octanol–water partition coefficient (Wildman–Crippen LogP) is -1.67. The van der Waals surface area contributed by atoms with Crippen molar-refractivity contribution in [3.05, 3.63) is 35.9 Å². The fraction of sp³-hybridized carbons (Fsp3) is 0.526. The third kappa shape index (κ3) is 6.87. The maximum atomic E-state index is 12.6. The van der Waals surface area contributed by atoms with Gasteiger partial charge in [-0.15, -0.1) is 0 Å². The predicted molar refractivity (Wildman–Crippen MR) is 103 cm³/mol. The number of aliphatic hydroxyl groups excluding tert-OH is 3. The molecule has 6 atom stereocenters. The molecule has 12 heteroatoms. The van der Waals surface area contributed by atoms with E-state index in [0.717, 1.165) is 0 Å². The SMILES string of the molecule is CO[C@@H]1O[C@H](CO)[C@@H](O)[C@H](O)[C@H]1NC(=O)[C@H](CC(=O)O)NC(=O)OCc1ccccc1. The van der Waals surface area contributed by atoms with Crippen LogP contribution in [0.1, 0.15) is 12.0 Å². The van der Waals surface area contributed by atoms with Gasteiger partial charge in [0, 0.05) is 7.11 Å². The minimum Gasteiger partial charge on any atom is -0.481 e. The van der Waals surface area contributed by atoms with Crippen LogP contribution in [0.3, 0.4) is 0 Å². The Kier molecular flexibility index (Phi) is 9.15. The molecule has 0 spiro atoms. The monoisotopic (exact) mass is 442 g/mol. The molecule has 1 aromatic carbocycles. The second-order valence-corrected chi connectivity index (χ2v) is 6.83. The number of hydrogen-bond donors (Lipinski definition) is 6. The first-order chi connectivity index (χ1) is 14.8. The average molecular weight is 442 g/mol. The zero-order chi connectivity index (χ0) is 23.0. The quantitative estimate of drug-likeness (QED) is 0.258. The van der Waals surface area contributed by atoms with Crippen molar-refractivity contribution in [2.75, 3.05) is 13.7 Å². The number of carbonyl (C=O) groups excluding carboxylic acids is 2. The number of methoxy groups -OCH3 is 1. The Morgan fingerprint density at radius 2 is 1.84 bits per heavy atom. The summed E-state index contributed by atoms with van der Waals surface area (Å²) in [5.41, 5.74) is 0.690. The molecule has 2 rings (SSSR count). The van der Waals surface area contributed by atoms with Crippen LogP contribution in [0.2, 0.25) is 0 Å². The van der Waals surface area contributed by atoms with Gasteiger partial charge in [0.15, 0.2) is 6.29 Å².